The second-order valence-electron chi connectivity index (χ2n) is 4.49. The molecule has 3 rings (SSSR count). The normalized spacial score (nSPS) is 11.9. The van der Waals surface area contributed by atoms with Crippen molar-refractivity contribution < 1.29 is 5.21 Å². The Hall–Kier alpha value is -2.82. The van der Waals surface area contributed by atoms with E-state index < -0.39 is 0 Å². The lowest BCUT2D eigenvalue weighted by Crippen LogP contribution is -2.16. The van der Waals surface area contributed by atoms with Crippen LogP contribution in [-0.4, -0.2) is 20.6 Å². The summed E-state index contributed by atoms with van der Waals surface area (Å²) in [7, 11) is 0. The van der Waals surface area contributed by atoms with E-state index in [2.05, 4.69) is 10.1 Å². The van der Waals surface area contributed by atoms with E-state index in [-0.39, 0.29) is 5.84 Å². The molecule has 3 N–H and O–H groups in total. The van der Waals surface area contributed by atoms with Crippen LogP contribution < -0.4 is 5.73 Å². The molecule has 0 saturated heterocycles. The van der Waals surface area contributed by atoms with E-state index in [9.17, 15) is 0 Å². The molecule has 0 amide bonds. The molecule has 0 radical (unpaired) electrons. The minimum absolute atomic E-state index is 0.0813. The second-order valence-corrected chi connectivity index (χ2v) is 4.49. The number of nitrogens with two attached hydrogens (primary N) is 1. The van der Waals surface area contributed by atoms with Crippen LogP contribution in [0.2, 0.25) is 0 Å². The number of amidine groups is 1. The van der Waals surface area contributed by atoms with E-state index in [1.54, 1.807) is 0 Å². The van der Waals surface area contributed by atoms with Gasteiger partial charge in [-0.1, -0.05) is 29.4 Å². The highest BCUT2D eigenvalue weighted by atomic mass is 16.4. The van der Waals surface area contributed by atoms with Gasteiger partial charge in [0.2, 0.25) is 0 Å². The lowest BCUT2D eigenvalue weighted by Gasteiger charge is -2.11. The van der Waals surface area contributed by atoms with Crippen LogP contribution in [0.15, 0.2) is 53.7 Å². The van der Waals surface area contributed by atoms with Crippen LogP contribution in [0.4, 0.5) is 0 Å². The van der Waals surface area contributed by atoms with Crippen LogP contribution in [0.25, 0.3) is 16.7 Å². The summed E-state index contributed by atoms with van der Waals surface area (Å²) in [6, 6.07) is 15.4. The number of para-hydroxylation sites is 3. The van der Waals surface area contributed by atoms with Gasteiger partial charge >= 0.3 is 0 Å². The maximum Gasteiger partial charge on any atom is 0.172 e. The van der Waals surface area contributed by atoms with Crippen molar-refractivity contribution in [1.82, 2.24) is 9.55 Å². The molecular formula is C15H14N4O. The monoisotopic (exact) mass is 266 g/mol. The van der Waals surface area contributed by atoms with E-state index in [0.717, 1.165) is 22.5 Å². The Labute approximate surface area is 116 Å². The molecule has 5 nitrogen and oxygen atoms in total. The third-order valence-electron chi connectivity index (χ3n) is 3.26. The number of hydrogen-bond acceptors (Lipinski definition) is 3. The number of nitrogens with zero attached hydrogens (tertiary/aromatic N) is 3. The third-order valence-corrected chi connectivity index (χ3v) is 3.26. The molecule has 1 aromatic heterocycles. The van der Waals surface area contributed by atoms with Gasteiger partial charge in [0.15, 0.2) is 5.84 Å². The highest BCUT2D eigenvalue weighted by molar-refractivity contribution is 6.01. The molecule has 0 atom stereocenters. The van der Waals surface area contributed by atoms with Crippen molar-refractivity contribution in [3.05, 3.63) is 59.9 Å². The lowest BCUT2D eigenvalue weighted by atomic mass is 10.1. The van der Waals surface area contributed by atoms with Crippen molar-refractivity contribution in [2.24, 2.45) is 10.9 Å². The summed E-state index contributed by atoms with van der Waals surface area (Å²) in [6.07, 6.45) is 0. The smallest absolute Gasteiger partial charge is 0.172 e. The number of aryl methyl sites for hydroxylation is 1. The second kappa shape index (κ2) is 4.70. The van der Waals surface area contributed by atoms with Crippen molar-refractivity contribution in [2.45, 2.75) is 6.92 Å². The number of imidazole rings is 1. The zero-order valence-corrected chi connectivity index (χ0v) is 11.0. The summed E-state index contributed by atoms with van der Waals surface area (Å²) in [5, 5.41) is 12.0. The minimum atomic E-state index is 0.0813. The molecule has 0 aliphatic carbocycles. The first kappa shape index (κ1) is 12.2. The Balaban J connectivity index is 2.35. The van der Waals surface area contributed by atoms with Gasteiger partial charge in [-0.2, -0.15) is 0 Å². The highest BCUT2D eigenvalue weighted by Crippen LogP contribution is 2.23. The van der Waals surface area contributed by atoms with Crippen LogP contribution in [0.5, 0.6) is 0 Å². The van der Waals surface area contributed by atoms with Gasteiger partial charge in [-0.25, -0.2) is 4.98 Å². The zero-order chi connectivity index (χ0) is 14.1. The maximum atomic E-state index is 8.93. The van der Waals surface area contributed by atoms with Crippen molar-refractivity contribution >= 4 is 16.9 Å². The quantitative estimate of drug-likeness (QED) is 0.324. The van der Waals surface area contributed by atoms with Crippen molar-refractivity contribution in [2.75, 3.05) is 0 Å². The molecule has 0 fully saturated rings. The fourth-order valence-electron chi connectivity index (χ4n) is 2.39. The molecule has 0 unspecified atom stereocenters. The molecule has 0 saturated carbocycles. The summed E-state index contributed by atoms with van der Waals surface area (Å²) in [5.74, 6) is 0.933. The van der Waals surface area contributed by atoms with Crippen LogP contribution in [-0.2, 0) is 0 Å². The molecule has 0 aliphatic heterocycles. The van der Waals surface area contributed by atoms with Gasteiger partial charge < -0.3 is 10.9 Å². The number of fused-ring (bicyclic) bond motifs is 1. The van der Waals surface area contributed by atoms with Gasteiger partial charge in [-0.3, -0.25) is 4.57 Å². The van der Waals surface area contributed by atoms with Gasteiger partial charge in [-0.05, 0) is 31.2 Å². The summed E-state index contributed by atoms with van der Waals surface area (Å²) in [5.41, 5.74) is 9.18. The zero-order valence-electron chi connectivity index (χ0n) is 11.0. The first-order valence-electron chi connectivity index (χ1n) is 6.24. The third kappa shape index (κ3) is 1.80. The molecule has 2 aromatic carbocycles. The fraction of sp³-hybridized carbons (Fsp3) is 0.0667. The Morgan fingerprint density at radius 1 is 1.15 bits per heavy atom. The van der Waals surface area contributed by atoms with Gasteiger partial charge in [0, 0.05) is 5.56 Å². The van der Waals surface area contributed by atoms with E-state index >= 15 is 0 Å². The lowest BCUT2D eigenvalue weighted by molar-refractivity contribution is 0.318. The largest absolute Gasteiger partial charge is 0.409 e. The summed E-state index contributed by atoms with van der Waals surface area (Å²) in [4.78, 5) is 4.54. The van der Waals surface area contributed by atoms with Crippen LogP contribution >= 0.6 is 0 Å². The van der Waals surface area contributed by atoms with E-state index in [1.165, 1.54) is 0 Å². The minimum Gasteiger partial charge on any atom is -0.409 e. The molecule has 0 bridgehead atoms. The standard InChI is InChI=1S/C15H14N4O/c1-10-17-12-7-3-5-9-14(12)19(10)13-8-4-2-6-11(13)15(16)18-20/h2-9,20H,1H3,(H2,16,18). The summed E-state index contributed by atoms with van der Waals surface area (Å²) >= 11 is 0. The van der Waals surface area contributed by atoms with Crippen molar-refractivity contribution in [3.8, 4) is 5.69 Å². The first-order valence-corrected chi connectivity index (χ1v) is 6.24. The molecule has 100 valence electrons. The number of aromatic nitrogens is 2. The molecule has 5 heteroatoms. The average molecular weight is 266 g/mol. The van der Waals surface area contributed by atoms with Gasteiger partial charge in [0.25, 0.3) is 0 Å². The Morgan fingerprint density at radius 2 is 1.85 bits per heavy atom. The summed E-state index contributed by atoms with van der Waals surface area (Å²) in [6.45, 7) is 1.93. The maximum absolute atomic E-state index is 8.93. The predicted octanol–water partition coefficient (Wildman–Crippen LogP) is 2.43. The highest BCUT2D eigenvalue weighted by Gasteiger charge is 2.13. The number of hydrogen-bond donors (Lipinski definition) is 2. The first-order chi connectivity index (χ1) is 9.72. The van der Waals surface area contributed by atoms with E-state index in [1.807, 2.05) is 60.0 Å². The number of rotatable bonds is 2. The molecule has 0 spiro atoms. The van der Waals surface area contributed by atoms with Crippen LogP contribution in [0.1, 0.15) is 11.4 Å². The SMILES string of the molecule is Cc1nc2ccccc2n1-c1ccccc1/C(N)=N/O. The van der Waals surface area contributed by atoms with Crippen LogP contribution in [0, 0.1) is 6.92 Å². The van der Waals surface area contributed by atoms with Gasteiger partial charge in [-0.15, -0.1) is 0 Å². The molecule has 1 heterocycles. The Bertz CT molecular complexity index is 804. The molecule has 3 aromatic rings. The molecular weight excluding hydrogens is 252 g/mol. The van der Waals surface area contributed by atoms with E-state index in [4.69, 9.17) is 10.9 Å². The predicted molar refractivity (Wildman–Crippen MR) is 78.3 cm³/mol. The van der Waals surface area contributed by atoms with Crippen LogP contribution in [0.3, 0.4) is 0 Å². The van der Waals surface area contributed by atoms with E-state index in [0.29, 0.717) is 5.56 Å². The van der Waals surface area contributed by atoms with Crippen molar-refractivity contribution in [1.29, 1.82) is 0 Å². The number of oxime groups is 1. The fourth-order valence-corrected chi connectivity index (χ4v) is 2.39. The topological polar surface area (TPSA) is 76.4 Å². The van der Waals surface area contributed by atoms with Gasteiger partial charge in [0.1, 0.15) is 5.82 Å². The Kier molecular flexibility index (Phi) is 2.87. The number of benzene rings is 2. The van der Waals surface area contributed by atoms with Gasteiger partial charge in [0.05, 0.1) is 16.7 Å². The molecule has 0 aliphatic rings. The molecule has 20 heavy (non-hydrogen) atoms. The Morgan fingerprint density at radius 3 is 2.65 bits per heavy atom. The average Bonchev–Trinajstić information content (AvgIpc) is 2.82. The van der Waals surface area contributed by atoms with Crippen molar-refractivity contribution in [3.63, 3.8) is 0 Å². The summed E-state index contributed by atoms with van der Waals surface area (Å²) < 4.78 is 2.00.